The summed E-state index contributed by atoms with van der Waals surface area (Å²) in [6.07, 6.45) is 95.9. The highest BCUT2D eigenvalue weighted by Crippen LogP contribution is 2.45. The largest absolute Gasteiger partial charge is 0.472 e. The van der Waals surface area contributed by atoms with E-state index in [1.807, 2.05) is 18.2 Å². The van der Waals surface area contributed by atoms with Gasteiger partial charge in [-0.25, -0.2) is 9.13 Å². The Balaban J connectivity index is 5.48. The number of aliphatic hydroxyl groups is 1. The van der Waals surface area contributed by atoms with Gasteiger partial charge in [0.05, 0.1) is 26.4 Å². The summed E-state index contributed by atoms with van der Waals surface area (Å²) < 4.78 is 68.6. The van der Waals surface area contributed by atoms with E-state index in [1.165, 1.54) is 25.7 Å². The van der Waals surface area contributed by atoms with E-state index in [2.05, 4.69) is 192 Å². The first kappa shape index (κ1) is 102. The van der Waals surface area contributed by atoms with Gasteiger partial charge in [0.2, 0.25) is 0 Å². The molecule has 17 nitrogen and oxygen atoms in total. The first-order chi connectivity index (χ1) is 52.7. The van der Waals surface area contributed by atoms with Crippen LogP contribution in [0.15, 0.2) is 182 Å². The Kier molecular flexibility index (Phi) is 75.0. The summed E-state index contributed by atoms with van der Waals surface area (Å²) >= 11 is 0. The standard InChI is InChI=1S/C89H144O17P2/c1-5-9-13-17-21-25-29-33-36-39-41-44-46-50-53-57-61-65-69-73-86(91)99-79-84(105-88(93)75-71-67-63-59-55-49-32-28-24-20-16-12-8-4)81-103-107(95,96)101-77-83(90)78-102-108(97,98)104-82-85(106-89(94)76-72-68-64-60-56-52-48-43-38-35-31-27-23-19-15-11-7-3)80-100-87(92)74-70-66-62-58-54-51-47-45-42-40-37-34-30-26-22-18-14-10-6-2/h9-11,13-15,21-23,25-28,32-38,41-42,44-45,50-51,53-54,61,65,83-85,90H,5-8,12,16-20,24,29-31,39-40,43,46-49,52,55-60,62-64,66-82H2,1-4H3,(H,95,96)(H,97,98)/b13-9-,14-10-,15-11-,25-21-,26-22-,27-23-,32-28-,36-33-,37-34-,38-35-,44-41-,45-42-,53-50-,54-51-,65-61-. The third-order valence-corrected chi connectivity index (χ3v) is 18.3. The number of ether oxygens (including phenoxy) is 4. The van der Waals surface area contributed by atoms with Gasteiger partial charge in [0.1, 0.15) is 19.3 Å². The van der Waals surface area contributed by atoms with E-state index in [0.29, 0.717) is 32.1 Å². The van der Waals surface area contributed by atoms with Crippen molar-refractivity contribution in [1.29, 1.82) is 0 Å². The second-order valence-corrected chi connectivity index (χ2v) is 29.5. The van der Waals surface area contributed by atoms with Crippen molar-refractivity contribution in [1.82, 2.24) is 0 Å². The number of rotatable bonds is 75. The van der Waals surface area contributed by atoms with E-state index in [9.17, 15) is 43.2 Å². The molecular weight excluding hydrogens is 1400 g/mol. The van der Waals surface area contributed by atoms with Gasteiger partial charge in [-0.3, -0.25) is 37.3 Å². The molecule has 0 spiro atoms. The lowest BCUT2D eigenvalue weighted by atomic mass is 10.1. The number of allylic oxidation sites excluding steroid dienone is 30. The molecule has 5 unspecified atom stereocenters. The molecule has 0 bridgehead atoms. The molecule has 0 rings (SSSR count). The average molecular weight is 1550 g/mol. The summed E-state index contributed by atoms with van der Waals surface area (Å²) in [5, 5.41) is 10.7. The van der Waals surface area contributed by atoms with E-state index in [4.69, 9.17) is 37.0 Å². The summed E-state index contributed by atoms with van der Waals surface area (Å²) in [6, 6.07) is 0. The Labute approximate surface area is 654 Å². The van der Waals surface area contributed by atoms with Crippen molar-refractivity contribution < 1.29 is 80.2 Å². The second kappa shape index (κ2) is 79.3. The predicted octanol–water partition coefficient (Wildman–Crippen LogP) is 24.3. The van der Waals surface area contributed by atoms with E-state index in [0.717, 1.165) is 186 Å². The molecule has 0 aliphatic heterocycles. The zero-order valence-corrected chi connectivity index (χ0v) is 68.7. The van der Waals surface area contributed by atoms with Gasteiger partial charge < -0.3 is 33.8 Å². The molecule has 3 N–H and O–H groups in total. The number of carbonyl (C=O) groups is 4. The minimum atomic E-state index is -5.01. The zero-order valence-electron chi connectivity index (χ0n) is 66.9. The van der Waals surface area contributed by atoms with Gasteiger partial charge in [-0.05, 0) is 167 Å². The van der Waals surface area contributed by atoms with Gasteiger partial charge in [-0.1, -0.05) is 287 Å². The van der Waals surface area contributed by atoms with Crippen LogP contribution in [0.2, 0.25) is 0 Å². The molecule has 108 heavy (non-hydrogen) atoms. The lowest BCUT2D eigenvalue weighted by molar-refractivity contribution is -0.161. The highest BCUT2D eigenvalue weighted by atomic mass is 31.2. The van der Waals surface area contributed by atoms with Crippen LogP contribution in [-0.4, -0.2) is 96.7 Å². The molecule has 0 saturated carbocycles. The lowest BCUT2D eigenvalue weighted by Gasteiger charge is -2.21. The van der Waals surface area contributed by atoms with Crippen LogP contribution >= 0.6 is 15.6 Å². The van der Waals surface area contributed by atoms with Crippen molar-refractivity contribution in [2.75, 3.05) is 39.6 Å². The van der Waals surface area contributed by atoms with Crippen LogP contribution in [0.5, 0.6) is 0 Å². The maximum atomic E-state index is 13.1. The van der Waals surface area contributed by atoms with Crippen LogP contribution in [0.1, 0.15) is 297 Å². The number of hydrogen-bond acceptors (Lipinski definition) is 15. The Morgan fingerprint density at radius 2 is 0.500 bits per heavy atom. The van der Waals surface area contributed by atoms with E-state index >= 15 is 0 Å². The molecule has 0 heterocycles. The number of unbranched alkanes of at least 4 members (excludes halogenated alkanes) is 19. The van der Waals surface area contributed by atoms with Crippen molar-refractivity contribution in [3.63, 3.8) is 0 Å². The zero-order chi connectivity index (χ0) is 78.9. The van der Waals surface area contributed by atoms with Crippen molar-refractivity contribution in [3.8, 4) is 0 Å². The summed E-state index contributed by atoms with van der Waals surface area (Å²) in [5.41, 5.74) is 0. The molecule has 19 heteroatoms. The van der Waals surface area contributed by atoms with Crippen LogP contribution in [0, 0.1) is 0 Å². The Hall–Kier alpha value is -5.84. The Morgan fingerprint density at radius 3 is 0.815 bits per heavy atom. The highest BCUT2D eigenvalue weighted by molar-refractivity contribution is 7.47. The average Bonchev–Trinajstić information content (AvgIpc) is 0.916. The second-order valence-electron chi connectivity index (χ2n) is 26.6. The number of hydrogen-bond donors (Lipinski definition) is 3. The Bertz CT molecular complexity index is 2760. The van der Waals surface area contributed by atoms with Crippen LogP contribution in [0.4, 0.5) is 0 Å². The molecule has 0 aromatic rings. The lowest BCUT2D eigenvalue weighted by Crippen LogP contribution is -2.30. The van der Waals surface area contributed by atoms with Gasteiger partial charge in [-0.15, -0.1) is 0 Å². The highest BCUT2D eigenvalue weighted by Gasteiger charge is 2.30. The third kappa shape index (κ3) is 78.3. The topological polar surface area (TPSA) is 237 Å². The van der Waals surface area contributed by atoms with Crippen molar-refractivity contribution in [3.05, 3.63) is 182 Å². The van der Waals surface area contributed by atoms with Gasteiger partial charge in [0, 0.05) is 25.7 Å². The summed E-state index contributed by atoms with van der Waals surface area (Å²) in [4.78, 5) is 73.1. The molecule has 0 aromatic carbocycles. The van der Waals surface area contributed by atoms with Gasteiger partial charge >= 0.3 is 39.5 Å². The SMILES string of the molecule is CC/C=C\C/C=C\C/C=C\C/C=C\C/C=C\C/C=C\CCC(=O)OCC(COP(=O)(O)OCC(O)COP(=O)(O)OCC(COC(=O)CCCCC/C=C\C/C=C\C/C=C\C/C=C\C/C=C\CC)OC(=O)CCCCCCCCC/C=C\C/C=C\C/C=C\CC)OC(=O)CCCCCCC/C=C\CCCCCC. The molecule has 0 aliphatic carbocycles. The molecular formula is C89H144O17P2. The quantitative estimate of drug-likeness (QED) is 0.0169. The predicted molar refractivity (Wildman–Crippen MR) is 445 cm³/mol. The van der Waals surface area contributed by atoms with E-state index in [1.54, 1.807) is 0 Å². The van der Waals surface area contributed by atoms with Crippen LogP contribution < -0.4 is 0 Å². The molecule has 0 amide bonds. The van der Waals surface area contributed by atoms with E-state index in [-0.39, 0.29) is 25.7 Å². The normalized spacial score (nSPS) is 14.8. The van der Waals surface area contributed by atoms with Gasteiger partial charge in [0.25, 0.3) is 0 Å². The fraction of sp³-hybridized carbons (Fsp3) is 0.618. The van der Waals surface area contributed by atoms with Crippen LogP contribution in [-0.2, 0) is 65.4 Å². The van der Waals surface area contributed by atoms with Crippen molar-refractivity contribution >= 4 is 39.5 Å². The summed E-state index contributed by atoms with van der Waals surface area (Å²) in [5.74, 6) is -2.34. The number of esters is 4. The fourth-order valence-corrected chi connectivity index (χ4v) is 11.8. The number of aliphatic hydroxyl groups excluding tert-OH is 1. The maximum absolute atomic E-state index is 13.1. The summed E-state index contributed by atoms with van der Waals surface area (Å²) in [7, 11) is -10.0. The van der Waals surface area contributed by atoms with Gasteiger partial charge in [-0.2, -0.15) is 0 Å². The molecule has 0 saturated heterocycles. The minimum Gasteiger partial charge on any atom is -0.462 e. The smallest absolute Gasteiger partial charge is 0.462 e. The van der Waals surface area contributed by atoms with Crippen LogP contribution in [0.25, 0.3) is 0 Å². The molecule has 5 atom stereocenters. The monoisotopic (exact) mass is 1550 g/mol. The van der Waals surface area contributed by atoms with Gasteiger partial charge in [0.15, 0.2) is 12.2 Å². The number of phosphoric ester groups is 2. The molecule has 0 radical (unpaired) electrons. The first-order valence-corrected chi connectivity index (χ1v) is 44.0. The summed E-state index contributed by atoms with van der Waals surface area (Å²) in [6.45, 7) is 4.37. The molecule has 0 aromatic heterocycles. The minimum absolute atomic E-state index is 0.0284. The molecule has 0 aliphatic rings. The fourth-order valence-electron chi connectivity index (χ4n) is 10.2. The third-order valence-electron chi connectivity index (χ3n) is 16.4. The van der Waals surface area contributed by atoms with Crippen LogP contribution in [0.3, 0.4) is 0 Å². The Morgan fingerprint density at radius 1 is 0.269 bits per heavy atom. The first-order valence-electron chi connectivity index (χ1n) is 41.0. The van der Waals surface area contributed by atoms with Crippen molar-refractivity contribution in [2.45, 2.75) is 316 Å². The van der Waals surface area contributed by atoms with Crippen molar-refractivity contribution in [2.24, 2.45) is 0 Å². The number of phosphoric acid groups is 2. The molecule has 612 valence electrons. The van der Waals surface area contributed by atoms with E-state index < -0.39 is 97.5 Å². The molecule has 0 fully saturated rings. The maximum Gasteiger partial charge on any atom is 0.472 e. The number of carbonyl (C=O) groups excluding carboxylic acids is 4.